The van der Waals surface area contributed by atoms with Crippen LogP contribution >= 0.6 is 0 Å². The number of ether oxygens (including phenoxy) is 1. The molecular weight excluding hydrogens is 526 g/mol. The molecule has 0 unspecified atom stereocenters. The standard InChI is InChI=1S/C31H37N3O5S/c1-2-33-40(37,38)28-18-15-24(16-19-28)17-20-29(35)34(23-25-10-5-3-6-11-25)30(26-12-7-4-8-13-26)31(36)32-22-27-14-9-21-39-27/h3-8,10-13,15-16,18-19,27,30,33H,2,9,14,17,20-23H2,1H3,(H,32,36)/t27-,30+/m1/s1. The van der Waals surface area contributed by atoms with Gasteiger partial charge in [-0.3, -0.25) is 9.59 Å². The Morgan fingerprint density at radius 3 is 2.25 bits per heavy atom. The maximum atomic E-state index is 13.8. The van der Waals surface area contributed by atoms with Crippen molar-refractivity contribution in [1.82, 2.24) is 14.9 Å². The van der Waals surface area contributed by atoms with Crippen LogP contribution in [0.3, 0.4) is 0 Å². The fourth-order valence-electron chi connectivity index (χ4n) is 4.83. The second-order valence-electron chi connectivity index (χ2n) is 9.85. The third-order valence-corrected chi connectivity index (χ3v) is 8.48. The number of nitrogens with zero attached hydrogens (tertiary/aromatic N) is 1. The van der Waals surface area contributed by atoms with E-state index >= 15 is 0 Å². The van der Waals surface area contributed by atoms with Gasteiger partial charge in [0.15, 0.2) is 0 Å². The van der Waals surface area contributed by atoms with Gasteiger partial charge in [-0.15, -0.1) is 0 Å². The highest BCUT2D eigenvalue weighted by Crippen LogP contribution is 2.25. The summed E-state index contributed by atoms with van der Waals surface area (Å²) in [6, 6.07) is 24.7. The fourth-order valence-corrected chi connectivity index (χ4v) is 5.87. The Balaban J connectivity index is 1.55. The van der Waals surface area contributed by atoms with Crippen LogP contribution in [0.4, 0.5) is 0 Å². The molecule has 0 saturated carbocycles. The Kier molecular flexibility index (Phi) is 10.5. The van der Waals surface area contributed by atoms with Gasteiger partial charge in [-0.25, -0.2) is 13.1 Å². The van der Waals surface area contributed by atoms with Gasteiger partial charge in [0.2, 0.25) is 21.8 Å². The van der Waals surface area contributed by atoms with Crippen molar-refractivity contribution in [2.45, 2.75) is 56.2 Å². The van der Waals surface area contributed by atoms with Crippen LogP contribution in [0.15, 0.2) is 89.8 Å². The lowest BCUT2D eigenvalue weighted by Crippen LogP contribution is -2.45. The van der Waals surface area contributed by atoms with E-state index in [1.807, 2.05) is 60.7 Å². The molecule has 3 aromatic rings. The number of hydrogen-bond acceptors (Lipinski definition) is 5. The minimum atomic E-state index is -3.55. The average Bonchev–Trinajstić information content (AvgIpc) is 3.50. The van der Waals surface area contributed by atoms with Crippen molar-refractivity contribution in [2.75, 3.05) is 19.7 Å². The molecule has 8 nitrogen and oxygen atoms in total. The van der Waals surface area contributed by atoms with Crippen LogP contribution in [0.5, 0.6) is 0 Å². The molecule has 2 atom stereocenters. The first-order valence-electron chi connectivity index (χ1n) is 13.7. The third kappa shape index (κ3) is 8.00. The molecule has 0 aromatic heterocycles. The summed E-state index contributed by atoms with van der Waals surface area (Å²) in [5.74, 6) is -0.418. The Labute approximate surface area is 236 Å². The lowest BCUT2D eigenvalue weighted by molar-refractivity contribution is -0.141. The summed E-state index contributed by atoms with van der Waals surface area (Å²) in [5.41, 5.74) is 2.49. The van der Waals surface area contributed by atoms with E-state index in [-0.39, 0.29) is 35.8 Å². The highest BCUT2D eigenvalue weighted by molar-refractivity contribution is 7.89. The van der Waals surface area contributed by atoms with Gasteiger partial charge >= 0.3 is 0 Å². The van der Waals surface area contributed by atoms with Crippen LogP contribution < -0.4 is 10.0 Å². The summed E-state index contributed by atoms with van der Waals surface area (Å²) in [6.45, 7) is 3.40. The first-order chi connectivity index (χ1) is 19.4. The molecule has 1 saturated heterocycles. The lowest BCUT2D eigenvalue weighted by Gasteiger charge is -2.32. The first kappa shape index (κ1) is 29.5. The number of carbonyl (C=O) groups is 2. The molecule has 4 rings (SSSR count). The van der Waals surface area contributed by atoms with E-state index in [0.29, 0.717) is 26.1 Å². The zero-order chi connectivity index (χ0) is 28.4. The van der Waals surface area contributed by atoms with E-state index in [2.05, 4.69) is 10.0 Å². The third-order valence-electron chi connectivity index (χ3n) is 6.91. The van der Waals surface area contributed by atoms with Gasteiger partial charge in [0, 0.05) is 32.7 Å². The summed E-state index contributed by atoms with van der Waals surface area (Å²) in [7, 11) is -3.55. The molecule has 2 amide bonds. The van der Waals surface area contributed by atoms with Crippen LogP contribution in [0.25, 0.3) is 0 Å². The molecule has 0 bridgehead atoms. The van der Waals surface area contributed by atoms with Crippen molar-refractivity contribution < 1.29 is 22.7 Å². The molecule has 3 aromatic carbocycles. The number of sulfonamides is 1. The van der Waals surface area contributed by atoms with Gasteiger partial charge in [-0.2, -0.15) is 0 Å². The maximum Gasteiger partial charge on any atom is 0.247 e. The minimum absolute atomic E-state index is 0.0158. The van der Waals surface area contributed by atoms with Crippen molar-refractivity contribution in [1.29, 1.82) is 0 Å². The highest BCUT2D eigenvalue weighted by atomic mass is 32.2. The number of hydrogen-bond donors (Lipinski definition) is 2. The van der Waals surface area contributed by atoms with E-state index in [1.165, 1.54) is 0 Å². The Hall–Kier alpha value is -3.53. The molecule has 0 spiro atoms. The number of rotatable bonds is 13. The second-order valence-corrected chi connectivity index (χ2v) is 11.6. The lowest BCUT2D eigenvalue weighted by atomic mass is 10.0. The van der Waals surface area contributed by atoms with Crippen molar-refractivity contribution in [3.8, 4) is 0 Å². The van der Waals surface area contributed by atoms with E-state index in [1.54, 1.807) is 36.1 Å². The molecule has 9 heteroatoms. The molecule has 0 radical (unpaired) electrons. The number of benzene rings is 3. The molecule has 212 valence electrons. The van der Waals surface area contributed by atoms with Crippen LogP contribution in [-0.2, 0) is 37.3 Å². The summed E-state index contributed by atoms with van der Waals surface area (Å²) in [6.07, 6.45) is 2.43. The van der Waals surface area contributed by atoms with Crippen LogP contribution in [-0.4, -0.2) is 50.9 Å². The first-order valence-corrected chi connectivity index (χ1v) is 15.2. The Bertz CT molecular complexity index is 1340. The summed E-state index contributed by atoms with van der Waals surface area (Å²) >= 11 is 0. The van der Waals surface area contributed by atoms with Crippen molar-refractivity contribution in [2.24, 2.45) is 0 Å². The SMILES string of the molecule is CCNS(=O)(=O)c1ccc(CCC(=O)N(Cc2ccccc2)[C@H](C(=O)NC[C@H]2CCCO2)c2ccccc2)cc1. The number of aryl methyl sites for hydroxylation is 1. The smallest absolute Gasteiger partial charge is 0.247 e. The predicted molar refractivity (Wildman–Crippen MR) is 154 cm³/mol. The zero-order valence-corrected chi connectivity index (χ0v) is 23.6. The molecule has 2 N–H and O–H groups in total. The van der Waals surface area contributed by atoms with Crippen molar-refractivity contribution >= 4 is 21.8 Å². The molecule has 1 fully saturated rings. The molecule has 1 aliphatic rings. The minimum Gasteiger partial charge on any atom is -0.376 e. The van der Waals surface area contributed by atoms with Gasteiger partial charge in [0.25, 0.3) is 0 Å². The van der Waals surface area contributed by atoms with Gasteiger partial charge in [-0.05, 0) is 48.1 Å². The van der Waals surface area contributed by atoms with E-state index in [4.69, 9.17) is 4.74 Å². The maximum absolute atomic E-state index is 13.8. The number of nitrogens with one attached hydrogen (secondary N) is 2. The molecular formula is C31H37N3O5S. The highest BCUT2D eigenvalue weighted by Gasteiger charge is 2.32. The number of carbonyl (C=O) groups excluding carboxylic acids is 2. The molecule has 0 aliphatic carbocycles. The molecule has 1 aliphatic heterocycles. The topological polar surface area (TPSA) is 105 Å². The van der Waals surface area contributed by atoms with Gasteiger partial charge < -0.3 is 15.0 Å². The second kappa shape index (κ2) is 14.2. The number of amides is 2. The normalized spacial score (nSPS) is 15.9. The zero-order valence-electron chi connectivity index (χ0n) is 22.8. The van der Waals surface area contributed by atoms with E-state index in [0.717, 1.165) is 29.5 Å². The van der Waals surface area contributed by atoms with Crippen LogP contribution in [0, 0.1) is 0 Å². The average molecular weight is 564 g/mol. The Morgan fingerprint density at radius 1 is 0.950 bits per heavy atom. The quantitative estimate of drug-likeness (QED) is 0.327. The van der Waals surface area contributed by atoms with Crippen molar-refractivity contribution in [3.63, 3.8) is 0 Å². The molecule has 40 heavy (non-hydrogen) atoms. The van der Waals surface area contributed by atoms with Gasteiger partial charge in [0.05, 0.1) is 11.0 Å². The summed E-state index contributed by atoms with van der Waals surface area (Å²) < 4.78 is 32.7. The van der Waals surface area contributed by atoms with E-state index < -0.39 is 16.1 Å². The summed E-state index contributed by atoms with van der Waals surface area (Å²) in [4.78, 5) is 29.3. The van der Waals surface area contributed by atoms with Crippen LogP contribution in [0.1, 0.15) is 48.9 Å². The van der Waals surface area contributed by atoms with Gasteiger partial charge in [-0.1, -0.05) is 79.7 Å². The fraction of sp³-hybridized carbons (Fsp3) is 0.355. The summed E-state index contributed by atoms with van der Waals surface area (Å²) in [5, 5.41) is 3.03. The largest absolute Gasteiger partial charge is 0.376 e. The molecule has 1 heterocycles. The monoisotopic (exact) mass is 563 g/mol. The predicted octanol–water partition coefficient (Wildman–Crippen LogP) is 3.98. The van der Waals surface area contributed by atoms with Crippen LogP contribution in [0.2, 0.25) is 0 Å². The Morgan fingerprint density at radius 2 is 1.62 bits per heavy atom. The van der Waals surface area contributed by atoms with Gasteiger partial charge in [0.1, 0.15) is 6.04 Å². The van der Waals surface area contributed by atoms with Crippen molar-refractivity contribution in [3.05, 3.63) is 102 Å². The van der Waals surface area contributed by atoms with E-state index in [9.17, 15) is 18.0 Å².